The van der Waals surface area contributed by atoms with Gasteiger partial charge in [0.1, 0.15) is 5.75 Å². The molecule has 0 spiro atoms. The van der Waals surface area contributed by atoms with Crippen molar-refractivity contribution >= 4 is 35.4 Å². The zero-order chi connectivity index (χ0) is 23.1. The maximum Gasteiger partial charge on any atom is 0.119 e. The lowest BCUT2D eigenvalue weighted by Gasteiger charge is -2.18. The highest BCUT2D eigenvalue weighted by atomic mass is 35.5. The van der Waals surface area contributed by atoms with Crippen molar-refractivity contribution < 1.29 is 4.74 Å². The largest absolute Gasteiger partial charge is 0.494 e. The highest BCUT2D eigenvalue weighted by Crippen LogP contribution is 2.32. The van der Waals surface area contributed by atoms with Gasteiger partial charge in [-0.05, 0) is 48.0 Å². The predicted octanol–water partition coefficient (Wildman–Crippen LogP) is 6.55. The van der Waals surface area contributed by atoms with Gasteiger partial charge in [0.05, 0.1) is 12.7 Å². The molecule has 0 heterocycles. The average molecular weight is 472 g/mol. The molecule has 0 aromatic heterocycles. The Labute approximate surface area is 203 Å². The molecular weight excluding hydrogens is 445 g/mol. The van der Waals surface area contributed by atoms with Gasteiger partial charge in [0.15, 0.2) is 0 Å². The van der Waals surface area contributed by atoms with Gasteiger partial charge in [0.2, 0.25) is 0 Å². The maximum atomic E-state index is 8.31. The minimum absolute atomic E-state index is 0.446. The van der Waals surface area contributed by atoms with E-state index in [-0.39, 0.29) is 0 Å². The van der Waals surface area contributed by atoms with E-state index in [1.54, 1.807) is 0 Å². The van der Waals surface area contributed by atoms with Gasteiger partial charge in [0.25, 0.3) is 0 Å². The highest BCUT2D eigenvalue weighted by Gasteiger charge is 2.14. The number of nitriles is 1. The normalized spacial score (nSPS) is 10.1. The van der Waals surface area contributed by atoms with Crippen molar-refractivity contribution in [2.45, 2.75) is 18.7 Å². The second-order valence-electron chi connectivity index (χ2n) is 7.23. The van der Waals surface area contributed by atoms with Crippen LogP contribution in [0.25, 0.3) is 0 Å². The summed E-state index contributed by atoms with van der Waals surface area (Å²) in [6, 6.07) is 42.1. The summed E-state index contributed by atoms with van der Waals surface area (Å²) >= 11 is 5.65. The van der Waals surface area contributed by atoms with Gasteiger partial charge in [-0.25, -0.2) is 0 Å². The first-order valence-electron chi connectivity index (χ1n) is 10.9. The lowest BCUT2D eigenvalue weighted by molar-refractivity contribution is 0.312. The summed E-state index contributed by atoms with van der Waals surface area (Å²) in [6.45, 7) is 0.591. The van der Waals surface area contributed by atoms with E-state index in [1.165, 1.54) is 15.9 Å². The van der Waals surface area contributed by atoms with Gasteiger partial charge in [-0.1, -0.05) is 103 Å². The number of hydrogen-bond donors (Lipinski definition) is 0. The molecule has 0 aliphatic heterocycles. The zero-order valence-electron chi connectivity index (χ0n) is 18.5. The van der Waals surface area contributed by atoms with Crippen LogP contribution in [0, 0.1) is 11.3 Å². The van der Waals surface area contributed by atoms with Gasteiger partial charge >= 0.3 is 0 Å². The fourth-order valence-corrected chi connectivity index (χ4v) is 5.68. The van der Waals surface area contributed by atoms with Crippen LogP contribution < -0.4 is 20.7 Å². The van der Waals surface area contributed by atoms with Crippen LogP contribution in [0.4, 0.5) is 0 Å². The molecule has 4 aromatic carbocycles. The molecule has 0 radical (unpaired) electrons. The number of benzene rings is 4. The van der Waals surface area contributed by atoms with E-state index in [0.717, 1.165) is 17.7 Å². The zero-order valence-corrected chi connectivity index (χ0v) is 20.1. The van der Waals surface area contributed by atoms with Crippen molar-refractivity contribution in [3.05, 3.63) is 121 Å². The third-order valence-electron chi connectivity index (χ3n) is 4.82. The highest BCUT2D eigenvalue weighted by molar-refractivity contribution is 7.79. The van der Waals surface area contributed by atoms with E-state index < -0.39 is 7.92 Å². The van der Waals surface area contributed by atoms with E-state index in [1.807, 2.05) is 24.3 Å². The number of alkyl halides is 1. The second-order valence-corrected chi connectivity index (χ2v) is 9.72. The first-order valence-corrected chi connectivity index (χ1v) is 12.8. The SMILES string of the molecule is N#CCCCOc1ccc(CCl)cc1.c1ccc(P(c2ccccc2)c2ccccc2)cc1. The lowest BCUT2D eigenvalue weighted by atomic mass is 10.2. The standard InChI is InChI=1S/C18H15P.C11H12ClNO/c1-4-10-16(11-5-1)19(17-12-6-2-7-13-17)18-14-8-3-9-15-18;12-9-10-3-5-11(6-4-10)14-8-2-1-7-13/h1-15H;3-6H,1-2,8-9H2. The molecule has 33 heavy (non-hydrogen) atoms. The van der Waals surface area contributed by atoms with Crippen molar-refractivity contribution in [2.24, 2.45) is 0 Å². The summed E-state index contributed by atoms with van der Waals surface area (Å²) in [5, 5.41) is 12.5. The minimum atomic E-state index is -0.446. The van der Waals surface area contributed by atoms with Crippen molar-refractivity contribution in [3.63, 3.8) is 0 Å². The molecular formula is C29H27ClNOP. The van der Waals surface area contributed by atoms with Crippen molar-refractivity contribution in [2.75, 3.05) is 6.61 Å². The molecule has 2 nitrogen and oxygen atoms in total. The Bertz CT molecular complexity index is 1000. The van der Waals surface area contributed by atoms with Crippen molar-refractivity contribution in [1.82, 2.24) is 0 Å². The van der Waals surface area contributed by atoms with Crippen LogP contribution in [0.15, 0.2) is 115 Å². The van der Waals surface area contributed by atoms with Crippen LogP contribution in [0.1, 0.15) is 18.4 Å². The van der Waals surface area contributed by atoms with E-state index in [4.69, 9.17) is 21.6 Å². The minimum Gasteiger partial charge on any atom is -0.494 e. The van der Waals surface area contributed by atoms with Crippen LogP contribution in [-0.2, 0) is 5.88 Å². The maximum absolute atomic E-state index is 8.31. The van der Waals surface area contributed by atoms with Crippen LogP contribution in [0.2, 0.25) is 0 Å². The van der Waals surface area contributed by atoms with Gasteiger partial charge < -0.3 is 4.74 Å². The molecule has 0 atom stereocenters. The lowest BCUT2D eigenvalue weighted by Crippen LogP contribution is -2.20. The Kier molecular flexibility index (Phi) is 10.5. The van der Waals surface area contributed by atoms with E-state index in [0.29, 0.717) is 18.9 Å². The molecule has 4 aromatic rings. The third-order valence-corrected chi connectivity index (χ3v) is 7.57. The summed E-state index contributed by atoms with van der Waals surface area (Å²) in [5.74, 6) is 1.35. The fraction of sp³-hybridized carbons (Fsp3) is 0.138. The summed E-state index contributed by atoms with van der Waals surface area (Å²) in [5.41, 5.74) is 1.08. The second kappa shape index (κ2) is 14.1. The summed E-state index contributed by atoms with van der Waals surface area (Å²) < 4.78 is 5.41. The molecule has 0 saturated heterocycles. The molecule has 0 bridgehead atoms. The number of rotatable bonds is 8. The van der Waals surface area contributed by atoms with Gasteiger partial charge in [0, 0.05) is 12.3 Å². The number of halogens is 1. The van der Waals surface area contributed by atoms with Gasteiger partial charge in [-0.3, -0.25) is 0 Å². The molecule has 0 N–H and O–H groups in total. The smallest absolute Gasteiger partial charge is 0.119 e. The first kappa shape index (κ1) is 24.5. The molecule has 0 aliphatic carbocycles. The molecule has 0 saturated carbocycles. The number of ether oxygens (including phenoxy) is 1. The Morgan fingerprint density at radius 2 is 1.12 bits per heavy atom. The van der Waals surface area contributed by atoms with Crippen molar-refractivity contribution in [1.29, 1.82) is 5.26 Å². The summed E-state index contributed by atoms with van der Waals surface area (Å²) in [4.78, 5) is 0. The molecule has 0 aliphatic rings. The quantitative estimate of drug-likeness (QED) is 0.166. The first-order chi connectivity index (χ1) is 16.3. The summed E-state index contributed by atoms with van der Waals surface area (Å²) in [7, 11) is -0.446. The molecule has 0 amide bonds. The molecule has 0 fully saturated rings. The van der Waals surface area contributed by atoms with E-state index in [9.17, 15) is 0 Å². The number of hydrogen-bond acceptors (Lipinski definition) is 2. The van der Waals surface area contributed by atoms with Gasteiger partial charge in [-0.15, -0.1) is 11.6 Å². The van der Waals surface area contributed by atoms with Crippen LogP contribution >= 0.6 is 19.5 Å². The van der Waals surface area contributed by atoms with Crippen LogP contribution in [-0.4, -0.2) is 6.61 Å². The van der Waals surface area contributed by atoms with E-state index >= 15 is 0 Å². The third kappa shape index (κ3) is 8.07. The monoisotopic (exact) mass is 471 g/mol. The topological polar surface area (TPSA) is 33.0 Å². The van der Waals surface area contributed by atoms with Crippen molar-refractivity contribution in [3.8, 4) is 11.8 Å². The molecule has 4 heteroatoms. The summed E-state index contributed by atoms with van der Waals surface area (Å²) in [6.07, 6.45) is 1.31. The van der Waals surface area contributed by atoms with Crippen LogP contribution in [0.3, 0.4) is 0 Å². The Hall–Kier alpha value is -3.11. The molecule has 166 valence electrons. The van der Waals surface area contributed by atoms with Gasteiger partial charge in [-0.2, -0.15) is 5.26 Å². The Morgan fingerprint density at radius 1 is 0.667 bits per heavy atom. The average Bonchev–Trinajstić information content (AvgIpc) is 2.89. The molecule has 0 unspecified atom stereocenters. The number of nitrogens with zero attached hydrogens (tertiary/aromatic N) is 1. The number of unbranched alkanes of at least 4 members (excludes halogenated alkanes) is 1. The molecule has 4 rings (SSSR count). The fourth-order valence-electron chi connectivity index (χ4n) is 3.19. The van der Waals surface area contributed by atoms with E-state index in [2.05, 4.69) is 97.1 Å². The Morgan fingerprint density at radius 3 is 1.52 bits per heavy atom. The van der Waals surface area contributed by atoms with Crippen LogP contribution in [0.5, 0.6) is 5.75 Å². The predicted molar refractivity (Wildman–Crippen MR) is 141 cm³/mol. The Balaban J connectivity index is 0.000000196.